The predicted molar refractivity (Wildman–Crippen MR) is 87.6 cm³/mol. The van der Waals surface area contributed by atoms with E-state index in [1.54, 1.807) is 11.0 Å². The molecule has 2 aromatic heterocycles. The van der Waals surface area contributed by atoms with Gasteiger partial charge in [0.05, 0.1) is 5.69 Å². The number of hydrogen-bond acceptors (Lipinski definition) is 3. The van der Waals surface area contributed by atoms with Crippen LogP contribution in [0.2, 0.25) is 0 Å². The minimum absolute atomic E-state index is 0.0327. The largest absolute Gasteiger partial charge is 0.360 e. The number of benzene rings is 1. The summed E-state index contributed by atoms with van der Waals surface area (Å²) >= 11 is 1.47. The molecule has 0 aliphatic carbocycles. The molecule has 3 aromatic rings. The minimum Gasteiger partial charge on any atom is -0.360 e. The molecule has 0 spiro atoms. The van der Waals surface area contributed by atoms with Crippen LogP contribution in [0.3, 0.4) is 0 Å². The zero-order chi connectivity index (χ0) is 14.8. The van der Waals surface area contributed by atoms with E-state index in [4.69, 9.17) is 0 Å². The number of H-pyrrole nitrogens is 1. The lowest BCUT2D eigenvalue weighted by molar-refractivity contribution is -0.116. The summed E-state index contributed by atoms with van der Waals surface area (Å²) in [6.45, 7) is 5.69. The average molecular weight is 297 g/mol. The van der Waals surface area contributed by atoms with E-state index in [-0.39, 0.29) is 5.91 Å². The molecule has 0 saturated carbocycles. The summed E-state index contributed by atoms with van der Waals surface area (Å²) in [5.41, 5.74) is 3.01. The van der Waals surface area contributed by atoms with E-state index >= 15 is 0 Å². The van der Waals surface area contributed by atoms with E-state index in [1.165, 1.54) is 18.3 Å². The molecule has 2 heterocycles. The van der Waals surface area contributed by atoms with Crippen LogP contribution in [-0.4, -0.2) is 22.4 Å². The van der Waals surface area contributed by atoms with Crippen molar-refractivity contribution >= 4 is 33.3 Å². The molecule has 1 N–H and O–H groups in total. The van der Waals surface area contributed by atoms with Gasteiger partial charge in [0.25, 0.3) is 0 Å². The average Bonchev–Trinajstić information content (AvgIpc) is 3.10. The molecule has 0 bridgehead atoms. The van der Waals surface area contributed by atoms with Gasteiger partial charge in [-0.25, -0.2) is 4.98 Å². The third-order valence-electron chi connectivity index (χ3n) is 3.28. The van der Waals surface area contributed by atoms with Gasteiger partial charge in [-0.05, 0) is 6.07 Å². The van der Waals surface area contributed by atoms with E-state index in [9.17, 15) is 4.79 Å². The maximum absolute atomic E-state index is 11.7. The minimum atomic E-state index is -0.0327. The van der Waals surface area contributed by atoms with Crippen molar-refractivity contribution in [3.05, 3.63) is 48.5 Å². The highest BCUT2D eigenvalue weighted by atomic mass is 32.1. The first-order valence-electron chi connectivity index (χ1n) is 6.61. The van der Waals surface area contributed by atoms with Crippen molar-refractivity contribution < 1.29 is 4.79 Å². The van der Waals surface area contributed by atoms with Crippen molar-refractivity contribution in [2.75, 3.05) is 11.4 Å². The van der Waals surface area contributed by atoms with Gasteiger partial charge >= 0.3 is 0 Å². The quantitative estimate of drug-likeness (QED) is 0.744. The van der Waals surface area contributed by atoms with Crippen LogP contribution in [0.5, 0.6) is 0 Å². The molecule has 0 fully saturated rings. The van der Waals surface area contributed by atoms with Crippen LogP contribution in [-0.2, 0) is 4.79 Å². The molecule has 0 saturated heterocycles. The highest BCUT2D eigenvalue weighted by Crippen LogP contribution is 2.32. The van der Waals surface area contributed by atoms with Crippen molar-refractivity contribution in [2.45, 2.75) is 6.92 Å². The molecule has 0 aliphatic rings. The number of thiazole rings is 1. The number of aromatic amines is 1. The number of rotatable bonds is 4. The Balaban J connectivity index is 2.01. The molecule has 4 nitrogen and oxygen atoms in total. The first-order chi connectivity index (χ1) is 10.2. The lowest BCUT2D eigenvalue weighted by atomic mass is 10.1. The normalized spacial score (nSPS) is 10.7. The Morgan fingerprint density at radius 3 is 3.05 bits per heavy atom. The second kappa shape index (κ2) is 5.54. The molecule has 1 aromatic carbocycles. The van der Waals surface area contributed by atoms with Gasteiger partial charge in [-0.2, -0.15) is 0 Å². The van der Waals surface area contributed by atoms with E-state index in [0.717, 1.165) is 22.2 Å². The number of nitrogens with zero attached hydrogens (tertiary/aromatic N) is 2. The zero-order valence-corrected chi connectivity index (χ0v) is 12.5. The van der Waals surface area contributed by atoms with Gasteiger partial charge in [-0.1, -0.05) is 24.3 Å². The summed E-state index contributed by atoms with van der Waals surface area (Å²) in [4.78, 5) is 21.1. The van der Waals surface area contributed by atoms with Crippen molar-refractivity contribution in [2.24, 2.45) is 0 Å². The number of fused-ring (bicyclic) bond motifs is 1. The molecule has 3 rings (SSSR count). The van der Waals surface area contributed by atoms with Crippen molar-refractivity contribution in [1.29, 1.82) is 0 Å². The predicted octanol–water partition coefficient (Wildman–Crippen LogP) is 3.83. The van der Waals surface area contributed by atoms with Crippen molar-refractivity contribution in [3.63, 3.8) is 0 Å². The molecular weight excluding hydrogens is 282 g/mol. The van der Waals surface area contributed by atoms with Crippen LogP contribution in [0.1, 0.15) is 6.92 Å². The highest BCUT2D eigenvalue weighted by molar-refractivity contribution is 7.14. The summed E-state index contributed by atoms with van der Waals surface area (Å²) in [6, 6.07) is 8.10. The van der Waals surface area contributed by atoms with Gasteiger partial charge in [0.2, 0.25) is 5.91 Å². The smallest absolute Gasteiger partial charge is 0.225 e. The molecule has 0 radical (unpaired) electrons. The summed E-state index contributed by atoms with van der Waals surface area (Å²) in [7, 11) is 0. The summed E-state index contributed by atoms with van der Waals surface area (Å²) in [5, 5.41) is 3.80. The maximum atomic E-state index is 11.7. The fraction of sp³-hybridized carbons (Fsp3) is 0.125. The Kier molecular flexibility index (Phi) is 3.58. The number of carbonyl (C=O) groups is 1. The molecular formula is C16H15N3OS. The van der Waals surface area contributed by atoms with Gasteiger partial charge in [0.15, 0.2) is 5.13 Å². The second-order valence-electron chi connectivity index (χ2n) is 4.68. The van der Waals surface area contributed by atoms with Crippen LogP contribution in [0, 0.1) is 0 Å². The van der Waals surface area contributed by atoms with Crippen molar-refractivity contribution in [3.8, 4) is 11.3 Å². The first-order valence-corrected chi connectivity index (χ1v) is 7.49. The Labute approximate surface area is 126 Å². The van der Waals surface area contributed by atoms with Gasteiger partial charge in [0.1, 0.15) is 0 Å². The molecule has 0 unspecified atom stereocenters. The SMILES string of the molecule is C=CCN(C(C)=O)c1nc(-c2c[nH]c3ccccc23)cs1. The number of para-hydroxylation sites is 1. The molecule has 5 heteroatoms. The van der Waals surface area contributed by atoms with E-state index in [2.05, 4.69) is 22.6 Å². The Morgan fingerprint density at radius 1 is 1.48 bits per heavy atom. The molecule has 21 heavy (non-hydrogen) atoms. The maximum Gasteiger partial charge on any atom is 0.225 e. The van der Waals surface area contributed by atoms with Crippen LogP contribution < -0.4 is 4.90 Å². The van der Waals surface area contributed by atoms with E-state index in [1.807, 2.05) is 29.8 Å². The molecule has 0 aliphatic heterocycles. The molecule has 1 amide bonds. The zero-order valence-electron chi connectivity index (χ0n) is 11.7. The Bertz CT molecular complexity index is 803. The summed E-state index contributed by atoms with van der Waals surface area (Å²) in [6.07, 6.45) is 3.66. The van der Waals surface area contributed by atoms with E-state index < -0.39 is 0 Å². The molecule has 106 valence electrons. The van der Waals surface area contributed by atoms with Crippen LogP contribution in [0.4, 0.5) is 5.13 Å². The van der Waals surface area contributed by atoms with Crippen LogP contribution in [0.15, 0.2) is 48.5 Å². The van der Waals surface area contributed by atoms with Gasteiger partial charge in [-0.15, -0.1) is 17.9 Å². The number of aromatic nitrogens is 2. The lowest BCUT2D eigenvalue weighted by Crippen LogP contribution is -2.28. The van der Waals surface area contributed by atoms with E-state index in [0.29, 0.717) is 11.7 Å². The highest BCUT2D eigenvalue weighted by Gasteiger charge is 2.16. The fourth-order valence-electron chi connectivity index (χ4n) is 2.27. The number of amides is 1. The number of nitrogens with one attached hydrogen (secondary N) is 1. The third-order valence-corrected chi connectivity index (χ3v) is 4.14. The van der Waals surface area contributed by atoms with Gasteiger partial charge in [0, 0.05) is 41.5 Å². The standard InChI is InChI=1S/C16H15N3OS/c1-3-8-19(11(2)20)16-18-15(10-21-16)13-9-17-14-7-5-4-6-12(13)14/h3-7,9-10,17H,1,8H2,2H3. The van der Waals surface area contributed by atoms with Crippen LogP contribution in [0.25, 0.3) is 22.2 Å². The van der Waals surface area contributed by atoms with Crippen molar-refractivity contribution in [1.82, 2.24) is 9.97 Å². The Hall–Kier alpha value is -2.40. The lowest BCUT2D eigenvalue weighted by Gasteiger charge is -2.14. The van der Waals surface area contributed by atoms with Crippen LogP contribution >= 0.6 is 11.3 Å². The fourth-order valence-corrected chi connectivity index (χ4v) is 3.14. The van der Waals surface area contributed by atoms with Gasteiger partial charge in [-0.3, -0.25) is 9.69 Å². The number of anilines is 1. The Morgan fingerprint density at radius 2 is 2.29 bits per heavy atom. The second-order valence-corrected chi connectivity index (χ2v) is 5.52. The van der Waals surface area contributed by atoms with Gasteiger partial charge < -0.3 is 4.98 Å². The monoisotopic (exact) mass is 297 g/mol. The summed E-state index contributed by atoms with van der Waals surface area (Å²) in [5.74, 6) is -0.0327. The number of carbonyl (C=O) groups excluding carboxylic acids is 1. The third kappa shape index (κ3) is 2.48. The first kappa shape index (κ1) is 13.6. The topological polar surface area (TPSA) is 49.0 Å². The number of hydrogen-bond donors (Lipinski definition) is 1. The summed E-state index contributed by atoms with van der Waals surface area (Å²) < 4.78 is 0. The molecule has 0 atom stereocenters.